The quantitative estimate of drug-likeness (QED) is 0.482. The number of hydrogen-bond donors (Lipinski definition) is 0. The topological polar surface area (TPSA) is 100 Å². The van der Waals surface area contributed by atoms with E-state index in [4.69, 9.17) is 4.74 Å². The van der Waals surface area contributed by atoms with Gasteiger partial charge in [-0.15, -0.1) is 5.10 Å². The number of likely N-dealkylation sites (tertiary alicyclic amines) is 1. The number of carbonyl (C=O) groups excluding carboxylic acids is 2. The Kier molecular flexibility index (Phi) is 7.14. The molecule has 198 valence electrons. The van der Waals surface area contributed by atoms with E-state index in [0.29, 0.717) is 30.1 Å². The van der Waals surface area contributed by atoms with Crippen LogP contribution in [-0.2, 0) is 20.7 Å². The summed E-state index contributed by atoms with van der Waals surface area (Å²) in [6.07, 6.45) is 10.3. The molecule has 2 fully saturated rings. The molecule has 1 aliphatic carbocycles. The predicted octanol–water partition coefficient (Wildman–Crippen LogP) is 5.01. The van der Waals surface area contributed by atoms with Crippen molar-refractivity contribution in [1.29, 1.82) is 0 Å². The fraction of sp³-hybridized carbons (Fsp3) is 0.643. The molecule has 1 saturated heterocycles. The van der Waals surface area contributed by atoms with Gasteiger partial charge in [0.2, 0.25) is 5.91 Å². The van der Waals surface area contributed by atoms with E-state index in [-0.39, 0.29) is 29.9 Å². The van der Waals surface area contributed by atoms with E-state index < -0.39 is 0 Å². The highest BCUT2D eigenvalue weighted by atomic mass is 16.5. The Bertz CT molecular complexity index is 1120. The second-order valence-electron chi connectivity index (χ2n) is 11.4. The highest BCUT2D eigenvalue weighted by molar-refractivity contribution is 5.90. The molecule has 4 aliphatic rings. The number of carbonyl (C=O) groups is 2. The Morgan fingerprint density at radius 2 is 1.92 bits per heavy atom. The SMILES string of the molecule is CC1=CN(c2ccc(CCC(C)C(C)C3CCC4(CC3)CCN(C3=CC(=O)OC3)C4=O)nn2)N=NC1C. The number of rotatable bonds is 7. The Morgan fingerprint density at radius 3 is 2.57 bits per heavy atom. The monoisotopic (exact) mass is 506 g/mol. The van der Waals surface area contributed by atoms with E-state index in [1.54, 1.807) is 9.91 Å². The molecule has 3 unspecified atom stereocenters. The van der Waals surface area contributed by atoms with E-state index >= 15 is 0 Å². The number of esters is 1. The smallest absolute Gasteiger partial charge is 0.333 e. The molecule has 3 atom stereocenters. The van der Waals surface area contributed by atoms with Crippen molar-refractivity contribution in [2.45, 2.75) is 78.7 Å². The Labute approximate surface area is 219 Å². The molecule has 5 rings (SSSR count). The molecule has 1 aromatic rings. The first-order valence-corrected chi connectivity index (χ1v) is 13.7. The minimum absolute atomic E-state index is 0.103. The summed E-state index contributed by atoms with van der Waals surface area (Å²) in [5.41, 5.74) is 2.62. The Balaban J connectivity index is 1.10. The third-order valence-corrected chi connectivity index (χ3v) is 9.24. The molecule has 1 amide bonds. The van der Waals surface area contributed by atoms with Gasteiger partial charge >= 0.3 is 5.97 Å². The van der Waals surface area contributed by atoms with Crippen LogP contribution in [0.4, 0.5) is 5.82 Å². The van der Waals surface area contributed by atoms with Crippen LogP contribution in [0.25, 0.3) is 0 Å². The van der Waals surface area contributed by atoms with Crippen LogP contribution in [0.3, 0.4) is 0 Å². The van der Waals surface area contributed by atoms with Gasteiger partial charge in [-0.1, -0.05) is 19.1 Å². The van der Waals surface area contributed by atoms with E-state index in [0.717, 1.165) is 61.9 Å². The largest absolute Gasteiger partial charge is 0.456 e. The van der Waals surface area contributed by atoms with E-state index in [1.807, 2.05) is 32.2 Å². The summed E-state index contributed by atoms with van der Waals surface area (Å²) < 4.78 is 5.03. The van der Waals surface area contributed by atoms with Gasteiger partial charge < -0.3 is 9.64 Å². The van der Waals surface area contributed by atoms with Crippen LogP contribution in [0.5, 0.6) is 0 Å². The minimum Gasteiger partial charge on any atom is -0.456 e. The lowest BCUT2D eigenvalue weighted by Gasteiger charge is -2.39. The van der Waals surface area contributed by atoms with E-state index in [2.05, 4.69) is 34.4 Å². The third kappa shape index (κ3) is 5.18. The van der Waals surface area contributed by atoms with Gasteiger partial charge in [-0.3, -0.25) is 4.79 Å². The summed E-state index contributed by atoms with van der Waals surface area (Å²) in [6, 6.07) is 4.10. The number of aryl methyl sites for hydroxylation is 1. The molecule has 4 heterocycles. The summed E-state index contributed by atoms with van der Waals surface area (Å²) in [5, 5.41) is 18.9. The van der Waals surface area contributed by atoms with Crippen molar-refractivity contribution >= 4 is 17.7 Å². The lowest BCUT2D eigenvalue weighted by molar-refractivity contribution is -0.138. The molecule has 3 aliphatic heterocycles. The number of hydrogen-bond acceptors (Lipinski definition) is 8. The zero-order valence-electron chi connectivity index (χ0n) is 22.4. The molecule has 0 bridgehead atoms. The second-order valence-corrected chi connectivity index (χ2v) is 11.4. The maximum atomic E-state index is 13.3. The number of anilines is 1. The number of ether oxygens (including phenoxy) is 1. The van der Waals surface area contributed by atoms with Crippen LogP contribution in [0.15, 0.2) is 46.0 Å². The van der Waals surface area contributed by atoms with Gasteiger partial charge in [0.15, 0.2) is 5.82 Å². The maximum Gasteiger partial charge on any atom is 0.333 e. The lowest BCUT2D eigenvalue weighted by atomic mass is 9.65. The van der Waals surface area contributed by atoms with Crippen LogP contribution in [0.1, 0.15) is 71.9 Å². The zero-order chi connectivity index (χ0) is 26.2. The minimum atomic E-state index is -0.340. The first kappa shape index (κ1) is 25.5. The van der Waals surface area contributed by atoms with Gasteiger partial charge in [0, 0.05) is 18.8 Å². The van der Waals surface area contributed by atoms with Crippen molar-refractivity contribution in [2.24, 2.45) is 33.5 Å². The molecule has 0 radical (unpaired) electrons. The summed E-state index contributed by atoms with van der Waals surface area (Å²) in [7, 11) is 0. The first-order valence-electron chi connectivity index (χ1n) is 13.7. The van der Waals surface area contributed by atoms with Crippen molar-refractivity contribution in [1.82, 2.24) is 15.1 Å². The van der Waals surface area contributed by atoms with Crippen LogP contribution in [-0.4, -0.2) is 46.2 Å². The van der Waals surface area contributed by atoms with Crippen molar-refractivity contribution in [2.75, 3.05) is 18.2 Å². The molecular formula is C28H38N6O3. The van der Waals surface area contributed by atoms with Crippen LogP contribution in [0.2, 0.25) is 0 Å². The highest BCUT2D eigenvalue weighted by Crippen LogP contribution is 2.49. The summed E-state index contributed by atoms with van der Waals surface area (Å²) >= 11 is 0. The van der Waals surface area contributed by atoms with Gasteiger partial charge in [0.25, 0.3) is 0 Å². The second kappa shape index (κ2) is 10.3. The normalized spacial score (nSPS) is 29.4. The molecule has 0 N–H and O–H groups in total. The molecule has 0 aromatic carbocycles. The van der Waals surface area contributed by atoms with Gasteiger partial charge in [-0.05, 0) is 94.3 Å². The van der Waals surface area contributed by atoms with Gasteiger partial charge in [-0.25, -0.2) is 9.80 Å². The van der Waals surface area contributed by atoms with Crippen molar-refractivity contribution in [3.8, 4) is 0 Å². The van der Waals surface area contributed by atoms with E-state index in [1.165, 1.54) is 6.08 Å². The standard InChI is InChI=1S/C28H38N6O3/c1-18(5-6-23-7-8-25(31-30-23)34-16-19(2)21(4)29-32-34)20(3)22-9-11-28(12-10-22)13-14-33(27(28)36)24-15-26(35)37-17-24/h7-8,15-16,18,20-22H,5-6,9-14,17H2,1-4H3. The Morgan fingerprint density at radius 1 is 1.14 bits per heavy atom. The highest BCUT2D eigenvalue weighted by Gasteiger charge is 2.50. The fourth-order valence-electron chi connectivity index (χ4n) is 6.17. The number of amides is 1. The fourth-order valence-corrected chi connectivity index (χ4v) is 6.17. The van der Waals surface area contributed by atoms with Crippen LogP contribution in [0, 0.1) is 23.2 Å². The molecule has 1 saturated carbocycles. The number of aromatic nitrogens is 2. The molecule has 1 aromatic heterocycles. The zero-order valence-corrected chi connectivity index (χ0v) is 22.4. The maximum absolute atomic E-state index is 13.3. The summed E-state index contributed by atoms with van der Waals surface area (Å²) in [4.78, 5) is 26.5. The predicted molar refractivity (Wildman–Crippen MR) is 139 cm³/mol. The van der Waals surface area contributed by atoms with Gasteiger partial charge in [-0.2, -0.15) is 10.2 Å². The molecular weight excluding hydrogens is 468 g/mol. The number of nitrogens with zero attached hydrogens (tertiary/aromatic N) is 6. The molecule has 9 nitrogen and oxygen atoms in total. The lowest BCUT2D eigenvalue weighted by Crippen LogP contribution is -2.38. The van der Waals surface area contributed by atoms with Gasteiger partial charge in [0.05, 0.1) is 22.8 Å². The Hall–Kier alpha value is -3.10. The third-order valence-electron chi connectivity index (χ3n) is 9.24. The van der Waals surface area contributed by atoms with Crippen LogP contribution < -0.4 is 5.01 Å². The average Bonchev–Trinajstić information content (AvgIpc) is 3.47. The molecule has 37 heavy (non-hydrogen) atoms. The molecule has 1 spiro atoms. The average molecular weight is 507 g/mol. The van der Waals surface area contributed by atoms with Crippen molar-refractivity contribution < 1.29 is 14.3 Å². The first-order chi connectivity index (χ1) is 17.8. The van der Waals surface area contributed by atoms with Crippen LogP contribution >= 0.6 is 0 Å². The van der Waals surface area contributed by atoms with E-state index in [9.17, 15) is 9.59 Å². The molecule has 9 heteroatoms. The summed E-state index contributed by atoms with van der Waals surface area (Å²) in [6.45, 7) is 9.70. The van der Waals surface area contributed by atoms with Gasteiger partial charge in [0.1, 0.15) is 6.61 Å². The number of cyclic esters (lactones) is 1. The van der Waals surface area contributed by atoms with Crippen molar-refractivity contribution in [3.63, 3.8) is 0 Å². The van der Waals surface area contributed by atoms with Crippen molar-refractivity contribution in [3.05, 3.63) is 41.4 Å². The summed E-state index contributed by atoms with van der Waals surface area (Å²) in [5.74, 6) is 2.32.